The summed E-state index contributed by atoms with van der Waals surface area (Å²) in [6.45, 7) is 1.13. The van der Waals surface area contributed by atoms with Crippen LogP contribution in [0.1, 0.15) is 23.6 Å². The molecular weight excluding hydrogens is 448 g/mol. The van der Waals surface area contributed by atoms with E-state index in [9.17, 15) is 31.6 Å². The number of amides is 3. The molecule has 0 saturated heterocycles. The largest absolute Gasteiger partial charge is 0.455 e. The normalized spacial score (nSPS) is 12.1. The van der Waals surface area contributed by atoms with E-state index in [0.717, 1.165) is 29.8 Å². The molecule has 0 fully saturated rings. The maximum Gasteiger partial charge on any atom is 0.341 e. The van der Waals surface area contributed by atoms with Crippen LogP contribution < -0.4 is 16.4 Å². The van der Waals surface area contributed by atoms with E-state index in [1.165, 1.54) is 0 Å². The minimum atomic E-state index is -4.74. The van der Waals surface area contributed by atoms with E-state index in [1.54, 1.807) is 31.2 Å². The standard InChI is InChI=1S/C20H21F2N3O6S/c1-12-4-2-3-5-15(12)16(25-20(23)28)10-18(27)31-11-17(26)24-13-6-8-14(9-7-13)32(29,30)19(21)22/h2-9,16,19H,10-11H2,1H3,(H,24,26)(H3,23,25,28). The lowest BCUT2D eigenvalue weighted by Crippen LogP contribution is -2.35. The van der Waals surface area contributed by atoms with Gasteiger partial charge in [-0.1, -0.05) is 24.3 Å². The van der Waals surface area contributed by atoms with Crippen molar-refractivity contribution in [2.24, 2.45) is 5.73 Å². The molecule has 0 heterocycles. The molecule has 172 valence electrons. The number of carbonyl (C=O) groups excluding carboxylic acids is 3. The second kappa shape index (κ2) is 10.7. The highest BCUT2D eigenvalue weighted by Crippen LogP contribution is 2.22. The Labute approximate surface area is 182 Å². The number of rotatable bonds is 9. The molecule has 4 N–H and O–H groups in total. The predicted molar refractivity (Wildman–Crippen MR) is 110 cm³/mol. The third-order valence-corrected chi connectivity index (χ3v) is 5.71. The van der Waals surface area contributed by atoms with Crippen LogP contribution in [0.2, 0.25) is 0 Å². The third kappa shape index (κ3) is 6.74. The first-order valence-electron chi connectivity index (χ1n) is 9.19. The lowest BCUT2D eigenvalue weighted by molar-refractivity contribution is -0.147. The number of primary amides is 1. The Hall–Kier alpha value is -3.54. The van der Waals surface area contributed by atoms with Gasteiger partial charge in [0.2, 0.25) is 9.84 Å². The summed E-state index contributed by atoms with van der Waals surface area (Å²) in [5, 5.41) is 4.80. The number of sulfone groups is 1. The zero-order valence-electron chi connectivity index (χ0n) is 16.9. The number of halogens is 2. The summed E-state index contributed by atoms with van der Waals surface area (Å²) in [7, 11) is -4.74. The van der Waals surface area contributed by atoms with Crippen LogP contribution in [0.4, 0.5) is 19.3 Å². The molecule has 0 aromatic heterocycles. The van der Waals surface area contributed by atoms with Crippen LogP contribution >= 0.6 is 0 Å². The summed E-state index contributed by atoms with van der Waals surface area (Å²) in [6.07, 6.45) is -0.277. The molecule has 2 aromatic carbocycles. The van der Waals surface area contributed by atoms with Crippen LogP contribution in [-0.4, -0.2) is 38.7 Å². The first kappa shape index (κ1) is 24.7. The number of anilines is 1. The van der Waals surface area contributed by atoms with Crippen molar-refractivity contribution in [3.8, 4) is 0 Å². The SMILES string of the molecule is Cc1ccccc1C(CC(=O)OCC(=O)Nc1ccc(S(=O)(=O)C(F)F)cc1)NC(N)=O. The molecule has 0 saturated carbocycles. The number of hydrogen-bond donors (Lipinski definition) is 3. The van der Waals surface area contributed by atoms with Gasteiger partial charge in [0.05, 0.1) is 17.4 Å². The van der Waals surface area contributed by atoms with Crippen molar-refractivity contribution < 1.29 is 36.3 Å². The van der Waals surface area contributed by atoms with Gasteiger partial charge in [0.25, 0.3) is 5.91 Å². The van der Waals surface area contributed by atoms with Crippen molar-refractivity contribution >= 4 is 33.4 Å². The fourth-order valence-electron chi connectivity index (χ4n) is 2.79. The lowest BCUT2D eigenvalue weighted by Gasteiger charge is -2.19. The molecule has 0 spiro atoms. The smallest absolute Gasteiger partial charge is 0.341 e. The molecule has 1 unspecified atom stereocenters. The number of nitrogens with one attached hydrogen (secondary N) is 2. The highest BCUT2D eigenvalue weighted by molar-refractivity contribution is 7.91. The van der Waals surface area contributed by atoms with E-state index in [4.69, 9.17) is 10.5 Å². The number of benzene rings is 2. The Morgan fingerprint density at radius 3 is 2.25 bits per heavy atom. The topological polar surface area (TPSA) is 145 Å². The van der Waals surface area contributed by atoms with Gasteiger partial charge in [-0.2, -0.15) is 8.78 Å². The molecule has 0 aliphatic heterocycles. The fraction of sp³-hybridized carbons (Fsp3) is 0.250. The molecule has 0 aliphatic carbocycles. The van der Waals surface area contributed by atoms with Crippen LogP contribution in [0.25, 0.3) is 0 Å². The Morgan fingerprint density at radius 2 is 1.69 bits per heavy atom. The summed E-state index contributed by atoms with van der Waals surface area (Å²) in [5.74, 6) is -5.08. The first-order valence-corrected chi connectivity index (χ1v) is 10.7. The predicted octanol–water partition coefficient (Wildman–Crippen LogP) is 2.27. The number of alkyl halides is 2. The monoisotopic (exact) mass is 469 g/mol. The van der Waals surface area contributed by atoms with Crippen LogP contribution in [0.15, 0.2) is 53.4 Å². The van der Waals surface area contributed by atoms with Gasteiger partial charge in [0.1, 0.15) is 0 Å². The highest BCUT2D eigenvalue weighted by Gasteiger charge is 2.26. The second-order valence-corrected chi connectivity index (χ2v) is 8.58. The minimum absolute atomic E-state index is 0.118. The summed E-state index contributed by atoms with van der Waals surface area (Å²) >= 11 is 0. The van der Waals surface area contributed by atoms with Gasteiger partial charge in [-0.3, -0.25) is 9.59 Å². The quantitative estimate of drug-likeness (QED) is 0.481. The molecule has 2 rings (SSSR count). The molecular formula is C20H21F2N3O6S. The van der Waals surface area contributed by atoms with Crippen LogP contribution in [0.3, 0.4) is 0 Å². The Balaban J connectivity index is 1.93. The molecule has 3 amide bonds. The van der Waals surface area contributed by atoms with Crippen molar-refractivity contribution in [2.45, 2.75) is 30.0 Å². The van der Waals surface area contributed by atoms with Crippen molar-refractivity contribution in [3.05, 3.63) is 59.7 Å². The van der Waals surface area contributed by atoms with Gasteiger partial charge in [-0.25, -0.2) is 13.2 Å². The number of urea groups is 1. The van der Waals surface area contributed by atoms with E-state index in [0.29, 0.717) is 5.56 Å². The van der Waals surface area contributed by atoms with Crippen molar-refractivity contribution in [2.75, 3.05) is 11.9 Å². The number of esters is 1. The van der Waals surface area contributed by atoms with E-state index < -0.39 is 51.0 Å². The Bertz CT molecular complexity index is 1090. The van der Waals surface area contributed by atoms with Gasteiger partial charge in [-0.05, 0) is 42.3 Å². The maximum absolute atomic E-state index is 12.5. The first-order chi connectivity index (χ1) is 15.0. The van der Waals surface area contributed by atoms with E-state index in [-0.39, 0.29) is 12.1 Å². The van der Waals surface area contributed by atoms with Crippen molar-refractivity contribution in [3.63, 3.8) is 0 Å². The molecule has 2 aromatic rings. The van der Waals surface area contributed by atoms with E-state index in [1.807, 2.05) is 0 Å². The average molecular weight is 469 g/mol. The number of hydrogen-bond acceptors (Lipinski definition) is 6. The van der Waals surface area contributed by atoms with Gasteiger partial charge in [0, 0.05) is 5.69 Å². The lowest BCUT2D eigenvalue weighted by atomic mass is 9.99. The third-order valence-electron chi connectivity index (χ3n) is 4.32. The second-order valence-electron chi connectivity index (χ2n) is 6.66. The average Bonchev–Trinajstić information content (AvgIpc) is 2.72. The van der Waals surface area contributed by atoms with Crippen molar-refractivity contribution in [1.82, 2.24) is 5.32 Å². The molecule has 12 heteroatoms. The molecule has 32 heavy (non-hydrogen) atoms. The molecule has 9 nitrogen and oxygen atoms in total. The summed E-state index contributed by atoms with van der Waals surface area (Å²) in [4.78, 5) is 34.8. The van der Waals surface area contributed by atoms with E-state index in [2.05, 4.69) is 10.6 Å². The van der Waals surface area contributed by atoms with Gasteiger partial charge in [-0.15, -0.1) is 0 Å². The van der Waals surface area contributed by atoms with Gasteiger partial charge < -0.3 is 21.1 Å². The molecule has 1 atom stereocenters. The van der Waals surface area contributed by atoms with Crippen LogP contribution in [-0.2, 0) is 24.2 Å². The summed E-state index contributed by atoms with van der Waals surface area (Å²) in [5.41, 5.74) is 6.76. The number of ether oxygens (including phenoxy) is 1. The molecule has 0 bridgehead atoms. The molecule has 0 aliphatic rings. The van der Waals surface area contributed by atoms with Gasteiger partial charge in [0.15, 0.2) is 6.61 Å². The number of carbonyl (C=O) groups is 3. The zero-order chi connectivity index (χ0) is 23.9. The Morgan fingerprint density at radius 1 is 1.06 bits per heavy atom. The zero-order valence-corrected chi connectivity index (χ0v) is 17.7. The highest BCUT2D eigenvalue weighted by atomic mass is 32.2. The summed E-state index contributed by atoms with van der Waals surface area (Å²) in [6, 6.07) is 9.54. The number of aryl methyl sites for hydroxylation is 1. The fourth-order valence-corrected chi connectivity index (χ4v) is 3.51. The van der Waals surface area contributed by atoms with E-state index >= 15 is 0 Å². The van der Waals surface area contributed by atoms with Crippen LogP contribution in [0.5, 0.6) is 0 Å². The Kier molecular flexibility index (Phi) is 8.24. The van der Waals surface area contributed by atoms with Crippen molar-refractivity contribution in [1.29, 1.82) is 0 Å². The van der Waals surface area contributed by atoms with Crippen LogP contribution in [0, 0.1) is 6.92 Å². The summed E-state index contributed by atoms with van der Waals surface area (Å²) < 4.78 is 52.8. The number of nitrogens with two attached hydrogens (primary N) is 1. The van der Waals surface area contributed by atoms with Gasteiger partial charge >= 0.3 is 17.8 Å². The maximum atomic E-state index is 12.5. The minimum Gasteiger partial charge on any atom is -0.455 e. The molecule has 0 radical (unpaired) electrons.